The van der Waals surface area contributed by atoms with Crippen LogP contribution >= 0.6 is 0 Å². The first-order valence-corrected chi connectivity index (χ1v) is 6.42. The molecule has 1 heterocycles. The van der Waals surface area contributed by atoms with Crippen LogP contribution in [-0.2, 0) is 6.42 Å². The van der Waals surface area contributed by atoms with E-state index in [-0.39, 0.29) is 0 Å². The lowest BCUT2D eigenvalue weighted by molar-refractivity contribution is 0.365. The zero-order valence-corrected chi connectivity index (χ0v) is 11.7. The fourth-order valence-corrected chi connectivity index (χ4v) is 1.68. The van der Waals surface area contributed by atoms with Gasteiger partial charge in [0.15, 0.2) is 0 Å². The van der Waals surface area contributed by atoms with E-state index in [1.54, 1.807) is 20.3 Å². The quantitative estimate of drug-likeness (QED) is 0.765. The molecule has 0 saturated heterocycles. The second-order valence-corrected chi connectivity index (χ2v) is 4.13. The SMILES string of the molecule is CCCNC(CC)Cc1nc(OC)cc(OC)n1. The van der Waals surface area contributed by atoms with Crippen LogP contribution in [0, 0.1) is 0 Å². The van der Waals surface area contributed by atoms with Crippen molar-refractivity contribution in [2.45, 2.75) is 39.2 Å². The van der Waals surface area contributed by atoms with Gasteiger partial charge in [0.1, 0.15) is 5.82 Å². The summed E-state index contributed by atoms with van der Waals surface area (Å²) in [6, 6.07) is 2.07. The maximum atomic E-state index is 5.14. The Bertz CT molecular complexity index is 336. The minimum atomic E-state index is 0.391. The van der Waals surface area contributed by atoms with E-state index >= 15 is 0 Å². The number of ether oxygens (including phenoxy) is 2. The number of rotatable bonds is 8. The molecule has 1 aromatic rings. The van der Waals surface area contributed by atoms with Crippen molar-refractivity contribution in [3.05, 3.63) is 11.9 Å². The molecule has 0 spiro atoms. The number of methoxy groups -OCH3 is 2. The summed E-state index contributed by atoms with van der Waals surface area (Å²) in [5.41, 5.74) is 0. The Morgan fingerprint density at radius 2 is 1.78 bits per heavy atom. The molecule has 1 N–H and O–H groups in total. The first-order valence-electron chi connectivity index (χ1n) is 6.42. The molecule has 5 heteroatoms. The van der Waals surface area contributed by atoms with Crippen LogP contribution in [0.3, 0.4) is 0 Å². The number of nitrogens with one attached hydrogen (secondary N) is 1. The maximum absolute atomic E-state index is 5.14. The summed E-state index contributed by atoms with van der Waals surface area (Å²) >= 11 is 0. The van der Waals surface area contributed by atoms with Crippen LogP contribution in [-0.4, -0.2) is 36.8 Å². The van der Waals surface area contributed by atoms with Crippen molar-refractivity contribution >= 4 is 0 Å². The van der Waals surface area contributed by atoms with Gasteiger partial charge in [-0.25, -0.2) is 0 Å². The van der Waals surface area contributed by atoms with Gasteiger partial charge in [0, 0.05) is 12.5 Å². The molecule has 0 aliphatic carbocycles. The minimum Gasteiger partial charge on any atom is -0.481 e. The van der Waals surface area contributed by atoms with Crippen LogP contribution in [0.25, 0.3) is 0 Å². The van der Waals surface area contributed by atoms with E-state index in [2.05, 4.69) is 29.1 Å². The van der Waals surface area contributed by atoms with Gasteiger partial charge < -0.3 is 14.8 Å². The van der Waals surface area contributed by atoms with Crippen LogP contribution in [0.4, 0.5) is 0 Å². The summed E-state index contributed by atoms with van der Waals surface area (Å²) in [5, 5.41) is 3.48. The monoisotopic (exact) mass is 253 g/mol. The van der Waals surface area contributed by atoms with Gasteiger partial charge in [-0.05, 0) is 19.4 Å². The minimum absolute atomic E-state index is 0.391. The third kappa shape index (κ3) is 4.49. The maximum Gasteiger partial charge on any atom is 0.220 e. The zero-order chi connectivity index (χ0) is 13.4. The largest absolute Gasteiger partial charge is 0.481 e. The van der Waals surface area contributed by atoms with Crippen LogP contribution in [0.5, 0.6) is 11.8 Å². The fraction of sp³-hybridized carbons (Fsp3) is 0.692. The molecular formula is C13H23N3O2. The Hall–Kier alpha value is -1.36. The van der Waals surface area contributed by atoms with Gasteiger partial charge in [-0.3, -0.25) is 0 Å². The van der Waals surface area contributed by atoms with E-state index in [0.29, 0.717) is 17.8 Å². The lowest BCUT2D eigenvalue weighted by Gasteiger charge is -2.16. The standard InChI is InChI=1S/C13H23N3O2/c1-5-7-14-10(6-2)8-11-15-12(17-3)9-13(16-11)18-4/h9-10,14H,5-8H2,1-4H3. The predicted octanol–water partition coefficient (Wildman–Crippen LogP) is 1.81. The van der Waals surface area contributed by atoms with Gasteiger partial charge in [0.25, 0.3) is 0 Å². The molecular weight excluding hydrogens is 230 g/mol. The van der Waals surface area contributed by atoms with Gasteiger partial charge in [-0.2, -0.15) is 9.97 Å². The van der Waals surface area contributed by atoms with E-state index in [0.717, 1.165) is 31.6 Å². The third-order valence-corrected chi connectivity index (χ3v) is 2.75. The topological polar surface area (TPSA) is 56.3 Å². The summed E-state index contributed by atoms with van der Waals surface area (Å²) in [5.74, 6) is 1.84. The molecule has 0 saturated carbocycles. The van der Waals surface area contributed by atoms with Crippen molar-refractivity contribution in [2.75, 3.05) is 20.8 Å². The molecule has 18 heavy (non-hydrogen) atoms. The van der Waals surface area contributed by atoms with Crippen molar-refractivity contribution < 1.29 is 9.47 Å². The van der Waals surface area contributed by atoms with E-state index in [9.17, 15) is 0 Å². The predicted molar refractivity (Wildman–Crippen MR) is 71.2 cm³/mol. The molecule has 0 bridgehead atoms. The summed E-state index contributed by atoms with van der Waals surface area (Å²) in [6.07, 6.45) is 2.95. The Morgan fingerprint density at radius 3 is 2.22 bits per heavy atom. The Labute approximate surface area is 109 Å². The molecule has 1 aromatic heterocycles. The highest BCUT2D eigenvalue weighted by Crippen LogP contribution is 2.15. The Morgan fingerprint density at radius 1 is 1.17 bits per heavy atom. The molecule has 0 radical (unpaired) electrons. The number of hydrogen-bond donors (Lipinski definition) is 1. The van der Waals surface area contributed by atoms with Crippen LogP contribution in [0.15, 0.2) is 6.07 Å². The molecule has 0 aliphatic rings. The second kappa shape index (κ2) is 7.87. The first kappa shape index (κ1) is 14.7. The normalized spacial score (nSPS) is 12.2. The Kier molecular flexibility index (Phi) is 6.43. The van der Waals surface area contributed by atoms with Crippen LogP contribution in [0.1, 0.15) is 32.5 Å². The van der Waals surface area contributed by atoms with Gasteiger partial charge in [0.2, 0.25) is 11.8 Å². The van der Waals surface area contributed by atoms with Crippen molar-refractivity contribution in [3.63, 3.8) is 0 Å². The van der Waals surface area contributed by atoms with E-state index in [1.165, 1.54) is 0 Å². The molecule has 1 rings (SSSR count). The molecule has 1 atom stereocenters. The van der Waals surface area contributed by atoms with Crippen molar-refractivity contribution in [3.8, 4) is 11.8 Å². The lowest BCUT2D eigenvalue weighted by atomic mass is 10.1. The molecule has 0 aromatic carbocycles. The highest BCUT2D eigenvalue weighted by atomic mass is 16.5. The van der Waals surface area contributed by atoms with Crippen molar-refractivity contribution in [2.24, 2.45) is 0 Å². The smallest absolute Gasteiger partial charge is 0.220 e. The highest BCUT2D eigenvalue weighted by molar-refractivity contribution is 5.21. The highest BCUT2D eigenvalue weighted by Gasteiger charge is 2.11. The molecule has 0 aliphatic heterocycles. The molecule has 102 valence electrons. The molecule has 0 amide bonds. The van der Waals surface area contributed by atoms with Gasteiger partial charge in [0.05, 0.1) is 20.3 Å². The number of nitrogens with zero attached hydrogens (tertiary/aromatic N) is 2. The van der Waals surface area contributed by atoms with Crippen LogP contribution in [0.2, 0.25) is 0 Å². The second-order valence-electron chi connectivity index (χ2n) is 4.13. The van der Waals surface area contributed by atoms with Gasteiger partial charge >= 0.3 is 0 Å². The summed E-state index contributed by atoms with van der Waals surface area (Å²) in [6.45, 7) is 5.33. The van der Waals surface area contributed by atoms with Gasteiger partial charge in [-0.1, -0.05) is 13.8 Å². The molecule has 1 unspecified atom stereocenters. The first-order chi connectivity index (χ1) is 8.73. The third-order valence-electron chi connectivity index (χ3n) is 2.75. The lowest BCUT2D eigenvalue weighted by Crippen LogP contribution is -2.31. The van der Waals surface area contributed by atoms with Crippen molar-refractivity contribution in [1.29, 1.82) is 0 Å². The van der Waals surface area contributed by atoms with Crippen LogP contribution < -0.4 is 14.8 Å². The number of aromatic nitrogens is 2. The van der Waals surface area contributed by atoms with E-state index < -0.39 is 0 Å². The average Bonchev–Trinajstić information content (AvgIpc) is 2.42. The molecule has 5 nitrogen and oxygen atoms in total. The zero-order valence-electron chi connectivity index (χ0n) is 11.7. The fourth-order valence-electron chi connectivity index (χ4n) is 1.68. The number of hydrogen-bond acceptors (Lipinski definition) is 5. The van der Waals surface area contributed by atoms with E-state index in [4.69, 9.17) is 9.47 Å². The Balaban J connectivity index is 2.74. The van der Waals surface area contributed by atoms with Gasteiger partial charge in [-0.15, -0.1) is 0 Å². The average molecular weight is 253 g/mol. The summed E-state index contributed by atoms with van der Waals surface area (Å²) in [7, 11) is 3.19. The molecule has 0 fully saturated rings. The summed E-state index contributed by atoms with van der Waals surface area (Å²) in [4.78, 5) is 8.68. The van der Waals surface area contributed by atoms with Crippen molar-refractivity contribution in [1.82, 2.24) is 15.3 Å². The summed E-state index contributed by atoms with van der Waals surface area (Å²) < 4.78 is 10.3. The van der Waals surface area contributed by atoms with E-state index in [1.807, 2.05) is 0 Å².